The van der Waals surface area contributed by atoms with Crippen LogP contribution in [0.3, 0.4) is 0 Å². The number of para-hydroxylation sites is 1. The Balaban J connectivity index is 1.80. The van der Waals surface area contributed by atoms with E-state index in [1.54, 1.807) is 6.07 Å². The molecule has 1 N–H and O–H groups in total. The van der Waals surface area contributed by atoms with E-state index in [0.717, 1.165) is 22.6 Å². The van der Waals surface area contributed by atoms with Gasteiger partial charge >= 0.3 is 7.69 Å². The van der Waals surface area contributed by atoms with E-state index < -0.39 is 5.41 Å². The molecule has 0 amide bonds. The molecule has 0 atom stereocenters. The molecule has 0 bridgehead atoms. The molecule has 0 aromatic heterocycles. The highest BCUT2D eigenvalue weighted by Crippen LogP contribution is 2.62. The van der Waals surface area contributed by atoms with Gasteiger partial charge in [0.25, 0.3) is 0 Å². The number of fused-ring (bicyclic) bond motifs is 9. The lowest BCUT2D eigenvalue weighted by Gasteiger charge is -2.39. The quantitative estimate of drug-likeness (QED) is 0.430. The molecule has 2 aliphatic rings. The highest BCUT2D eigenvalue weighted by molar-refractivity contribution is 6.17. The lowest BCUT2D eigenvalue weighted by molar-refractivity contribution is 0.428. The average molecular weight is 375 g/mol. The molecule has 0 saturated carbocycles. The standard InChI is InChI=1S/C25H16BO3/c27-26-29-16-13-14-24-22(15-16)25(21-11-5-6-12-23(21)28-24)19-9-3-1-7-17(19)18-8-2-4-10-20(18)25/h1-15,27H. The van der Waals surface area contributed by atoms with Crippen molar-refractivity contribution in [2.75, 3.05) is 0 Å². The normalized spacial score (nSPS) is 14.2. The summed E-state index contributed by atoms with van der Waals surface area (Å²) in [5.74, 6) is 2.21. The third-order valence-electron chi connectivity index (χ3n) is 6.01. The summed E-state index contributed by atoms with van der Waals surface area (Å²) in [5, 5.41) is 9.18. The van der Waals surface area contributed by atoms with Crippen molar-refractivity contribution in [2.45, 2.75) is 5.41 Å². The monoisotopic (exact) mass is 375 g/mol. The Hall–Kier alpha value is -3.50. The molecular formula is C25H16BO3. The first kappa shape index (κ1) is 16.5. The Morgan fingerprint density at radius 1 is 0.655 bits per heavy atom. The summed E-state index contributed by atoms with van der Waals surface area (Å²) in [4.78, 5) is 0. The molecule has 4 aromatic carbocycles. The van der Waals surface area contributed by atoms with Gasteiger partial charge in [-0.25, -0.2) is 0 Å². The van der Waals surface area contributed by atoms with Crippen LogP contribution in [0.5, 0.6) is 17.2 Å². The van der Waals surface area contributed by atoms with Crippen LogP contribution in [0.1, 0.15) is 22.3 Å². The van der Waals surface area contributed by atoms with Gasteiger partial charge in [-0.1, -0.05) is 66.7 Å². The van der Waals surface area contributed by atoms with Crippen LogP contribution < -0.4 is 9.39 Å². The predicted molar refractivity (Wildman–Crippen MR) is 112 cm³/mol. The molecule has 3 nitrogen and oxygen atoms in total. The zero-order valence-electron chi connectivity index (χ0n) is 15.5. The van der Waals surface area contributed by atoms with Crippen LogP contribution in [0.4, 0.5) is 0 Å². The van der Waals surface area contributed by atoms with E-state index >= 15 is 0 Å². The molecular weight excluding hydrogens is 359 g/mol. The van der Waals surface area contributed by atoms with Crippen LogP contribution in [-0.4, -0.2) is 12.7 Å². The fraction of sp³-hybridized carbons (Fsp3) is 0.0400. The van der Waals surface area contributed by atoms with E-state index in [1.165, 1.54) is 22.3 Å². The maximum Gasteiger partial charge on any atom is 0.569 e. The maximum atomic E-state index is 9.18. The van der Waals surface area contributed by atoms with Crippen molar-refractivity contribution in [2.24, 2.45) is 0 Å². The first-order valence-electron chi connectivity index (χ1n) is 9.58. The van der Waals surface area contributed by atoms with E-state index in [-0.39, 0.29) is 0 Å². The van der Waals surface area contributed by atoms with Gasteiger partial charge in [0.15, 0.2) is 0 Å². The van der Waals surface area contributed by atoms with Crippen LogP contribution >= 0.6 is 0 Å². The van der Waals surface area contributed by atoms with Gasteiger partial charge in [-0.3, -0.25) is 0 Å². The van der Waals surface area contributed by atoms with Gasteiger partial charge in [0.05, 0.1) is 5.41 Å². The van der Waals surface area contributed by atoms with Crippen molar-refractivity contribution >= 4 is 7.69 Å². The minimum atomic E-state index is -0.508. The third-order valence-corrected chi connectivity index (χ3v) is 6.01. The summed E-state index contributed by atoms with van der Waals surface area (Å²) in [7, 11) is 0.711. The first-order chi connectivity index (χ1) is 14.3. The van der Waals surface area contributed by atoms with E-state index in [9.17, 15) is 5.02 Å². The summed E-state index contributed by atoms with van der Waals surface area (Å²) in [5.41, 5.74) is 6.51. The molecule has 6 rings (SSSR count). The predicted octanol–water partition coefficient (Wildman–Crippen LogP) is 5.06. The molecule has 4 heteroatoms. The Morgan fingerprint density at radius 2 is 1.24 bits per heavy atom. The fourth-order valence-electron chi connectivity index (χ4n) is 4.97. The topological polar surface area (TPSA) is 38.7 Å². The van der Waals surface area contributed by atoms with Crippen molar-refractivity contribution in [3.05, 3.63) is 113 Å². The molecule has 137 valence electrons. The van der Waals surface area contributed by atoms with Gasteiger partial charge in [-0.15, -0.1) is 0 Å². The van der Waals surface area contributed by atoms with E-state index in [4.69, 9.17) is 9.39 Å². The number of rotatable bonds is 2. The van der Waals surface area contributed by atoms with Crippen molar-refractivity contribution in [3.8, 4) is 28.4 Å². The molecule has 0 fully saturated rings. The van der Waals surface area contributed by atoms with Gasteiger partial charge in [-0.05, 0) is 46.5 Å². The van der Waals surface area contributed by atoms with Crippen molar-refractivity contribution in [1.82, 2.24) is 0 Å². The smallest absolute Gasteiger partial charge is 0.537 e. The number of ether oxygens (including phenoxy) is 1. The van der Waals surface area contributed by atoms with Gasteiger partial charge in [-0.2, -0.15) is 0 Å². The Labute approximate surface area is 169 Å². The Kier molecular flexibility index (Phi) is 3.40. The molecule has 0 unspecified atom stereocenters. The molecule has 1 radical (unpaired) electrons. The number of hydrogen-bond acceptors (Lipinski definition) is 3. The van der Waals surface area contributed by atoms with Crippen molar-refractivity contribution < 1.29 is 14.4 Å². The van der Waals surface area contributed by atoms with Gasteiger partial charge < -0.3 is 14.4 Å². The second-order valence-corrected chi connectivity index (χ2v) is 7.32. The molecule has 1 spiro atoms. The van der Waals surface area contributed by atoms with Crippen molar-refractivity contribution in [3.63, 3.8) is 0 Å². The molecule has 1 aliphatic carbocycles. The first-order valence-corrected chi connectivity index (χ1v) is 9.58. The molecule has 0 saturated heterocycles. The van der Waals surface area contributed by atoms with Crippen LogP contribution in [0.15, 0.2) is 91.0 Å². The SMILES string of the molecule is O[B]Oc1ccc2c(c1)C1(c3ccccc3O2)c2ccccc2-c2ccccc21. The number of benzene rings is 4. The molecule has 29 heavy (non-hydrogen) atoms. The van der Waals surface area contributed by atoms with E-state index in [0.29, 0.717) is 13.4 Å². The highest BCUT2D eigenvalue weighted by atomic mass is 16.5. The number of hydrogen-bond donors (Lipinski definition) is 1. The average Bonchev–Trinajstić information content (AvgIpc) is 3.06. The zero-order valence-corrected chi connectivity index (χ0v) is 15.5. The van der Waals surface area contributed by atoms with E-state index in [2.05, 4.69) is 60.7 Å². The summed E-state index contributed by atoms with van der Waals surface area (Å²) in [6.45, 7) is 0. The second-order valence-electron chi connectivity index (χ2n) is 7.32. The Morgan fingerprint density at radius 3 is 1.93 bits per heavy atom. The van der Waals surface area contributed by atoms with Crippen molar-refractivity contribution in [1.29, 1.82) is 0 Å². The minimum absolute atomic E-state index is 0.508. The summed E-state index contributed by atoms with van der Waals surface area (Å²) >= 11 is 0. The molecule has 4 aromatic rings. The third kappa shape index (κ3) is 2.07. The minimum Gasteiger partial charge on any atom is -0.537 e. The van der Waals surface area contributed by atoms with Gasteiger partial charge in [0.2, 0.25) is 0 Å². The highest BCUT2D eigenvalue weighted by Gasteiger charge is 2.50. The van der Waals surface area contributed by atoms with E-state index in [1.807, 2.05) is 24.3 Å². The zero-order chi connectivity index (χ0) is 19.4. The molecule has 1 heterocycles. The van der Waals surface area contributed by atoms with Gasteiger partial charge in [0, 0.05) is 11.1 Å². The van der Waals surface area contributed by atoms with Crippen LogP contribution in [-0.2, 0) is 5.41 Å². The summed E-state index contributed by atoms with van der Waals surface area (Å²) in [6.07, 6.45) is 0. The largest absolute Gasteiger partial charge is 0.569 e. The molecule has 1 aliphatic heterocycles. The second kappa shape index (κ2) is 6.00. The van der Waals surface area contributed by atoms with Crippen LogP contribution in [0.2, 0.25) is 0 Å². The van der Waals surface area contributed by atoms with Crippen LogP contribution in [0.25, 0.3) is 11.1 Å². The summed E-state index contributed by atoms with van der Waals surface area (Å²) in [6, 6.07) is 31.0. The lowest BCUT2D eigenvalue weighted by atomic mass is 9.66. The van der Waals surface area contributed by atoms with Crippen LogP contribution in [0, 0.1) is 0 Å². The van der Waals surface area contributed by atoms with Gasteiger partial charge in [0.1, 0.15) is 17.2 Å². The maximum absolute atomic E-state index is 9.18. The fourth-order valence-corrected chi connectivity index (χ4v) is 4.97. The Bertz CT molecular complexity index is 1220. The lowest BCUT2D eigenvalue weighted by Crippen LogP contribution is -2.32. The summed E-state index contributed by atoms with van der Waals surface area (Å²) < 4.78 is 11.6.